The van der Waals surface area contributed by atoms with E-state index in [1.807, 2.05) is 24.3 Å². The molecule has 4 N–H and O–H groups in total. The Hall–Kier alpha value is -2.58. The smallest absolute Gasteiger partial charge is 0.239 e. The summed E-state index contributed by atoms with van der Waals surface area (Å²) < 4.78 is 27.4. The predicted molar refractivity (Wildman–Crippen MR) is 96.0 cm³/mol. The van der Waals surface area contributed by atoms with Gasteiger partial charge in [-0.25, -0.2) is 13.6 Å². The van der Waals surface area contributed by atoms with E-state index >= 15 is 0 Å². The van der Waals surface area contributed by atoms with E-state index in [2.05, 4.69) is 10.6 Å². The van der Waals surface area contributed by atoms with Crippen LogP contribution in [0.15, 0.2) is 53.4 Å². The van der Waals surface area contributed by atoms with Crippen LogP contribution in [-0.2, 0) is 21.2 Å². The number of methoxy groups -OCH3 is 1. The molecule has 0 aliphatic rings. The topological polar surface area (TPSA) is 111 Å². The number of ether oxygens (including phenoxy) is 1. The lowest BCUT2D eigenvalue weighted by Gasteiger charge is -2.09. The molecule has 0 saturated carbocycles. The van der Waals surface area contributed by atoms with E-state index < -0.39 is 10.0 Å². The van der Waals surface area contributed by atoms with Crippen LogP contribution in [0, 0.1) is 0 Å². The fraction of sp³-hybridized carbons (Fsp3) is 0.235. The molecule has 0 heterocycles. The number of primary sulfonamides is 1. The van der Waals surface area contributed by atoms with Crippen molar-refractivity contribution >= 4 is 21.6 Å². The number of benzene rings is 2. The number of rotatable bonds is 8. The summed E-state index contributed by atoms with van der Waals surface area (Å²) >= 11 is 0. The van der Waals surface area contributed by atoms with Crippen molar-refractivity contribution < 1.29 is 17.9 Å². The Labute approximate surface area is 147 Å². The SMILES string of the molecule is COc1ccc(NCC(=O)NCCc2ccc(S(N)(=O)=O)cc2)cc1. The van der Waals surface area contributed by atoms with E-state index in [4.69, 9.17) is 9.88 Å². The predicted octanol–water partition coefficient (Wildman–Crippen LogP) is 1.11. The third kappa shape index (κ3) is 6.09. The first-order chi connectivity index (χ1) is 11.9. The van der Waals surface area contributed by atoms with E-state index in [1.54, 1.807) is 19.2 Å². The number of carbonyl (C=O) groups excluding carboxylic acids is 1. The number of amides is 1. The van der Waals surface area contributed by atoms with E-state index in [0.29, 0.717) is 13.0 Å². The first kappa shape index (κ1) is 18.8. The van der Waals surface area contributed by atoms with Gasteiger partial charge in [0.2, 0.25) is 15.9 Å². The van der Waals surface area contributed by atoms with Crippen molar-refractivity contribution in [2.75, 3.05) is 25.5 Å². The second-order valence-corrected chi connectivity index (χ2v) is 6.93. The number of sulfonamides is 1. The molecule has 7 nitrogen and oxygen atoms in total. The third-order valence-electron chi connectivity index (χ3n) is 3.53. The largest absolute Gasteiger partial charge is 0.497 e. The molecule has 1 amide bonds. The number of nitrogens with two attached hydrogens (primary N) is 1. The fourth-order valence-corrected chi connectivity index (χ4v) is 2.66. The summed E-state index contributed by atoms with van der Waals surface area (Å²) in [5.74, 6) is 0.625. The Balaban J connectivity index is 1.72. The van der Waals surface area contributed by atoms with Crippen LogP contribution in [0.3, 0.4) is 0 Å². The molecule has 2 rings (SSSR count). The minimum absolute atomic E-state index is 0.0731. The van der Waals surface area contributed by atoms with Crippen molar-refractivity contribution in [3.8, 4) is 5.75 Å². The fourth-order valence-electron chi connectivity index (χ4n) is 2.15. The molecule has 2 aromatic rings. The van der Waals surface area contributed by atoms with Gasteiger partial charge in [-0.2, -0.15) is 0 Å². The van der Waals surface area contributed by atoms with Crippen LogP contribution in [0.5, 0.6) is 5.75 Å². The Kier molecular flexibility index (Phi) is 6.37. The zero-order chi connectivity index (χ0) is 18.3. The Morgan fingerprint density at radius 2 is 1.72 bits per heavy atom. The summed E-state index contributed by atoms with van der Waals surface area (Å²) in [6.07, 6.45) is 0.596. The molecule has 0 unspecified atom stereocenters. The van der Waals surface area contributed by atoms with Crippen LogP contribution in [-0.4, -0.2) is 34.5 Å². The highest BCUT2D eigenvalue weighted by molar-refractivity contribution is 7.89. The molecule has 0 bridgehead atoms. The normalized spacial score (nSPS) is 11.0. The van der Waals surface area contributed by atoms with Gasteiger partial charge in [0.15, 0.2) is 0 Å². The van der Waals surface area contributed by atoms with Gasteiger partial charge in [-0.05, 0) is 48.4 Å². The van der Waals surface area contributed by atoms with Crippen LogP contribution >= 0.6 is 0 Å². The highest BCUT2D eigenvalue weighted by Gasteiger charge is 2.07. The lowest BCUT2D eigenvalue weighted by Crippen LogP contribution is -2.31. The molecule has 134 valence electrons. The average molecular weight is 363 g/mol. The molecule has 0 fully saturated rings. The second-order valence-electron chi connectivity index (χ2n) is 5.37. The van der Waals surface area contributed by atoms with Gasteiger partial charge in [-0.1, -0.05) is 12.1 Å². The van der Waals surface area contributed by atoms with Crippen molar-refractivity contribution in [3.05, 3.63) is 54.1 Å². The van der Waals surface area contributed by atoms with Gasteiger partial charge in [0.1, 0.15) is 5.75 Å². The van der Waals surface area contributed by atoms with E-state index in [9.17, 15) is 13.2 Å². The molecular weight excluding hydrogens is 342 g/mol. The zero-order valence-electron chi connectivity index (χ0n) is 13.9. The first-order valence-electron chi connectivity index (χ1n) is 7.65. The molecule has 0 aliphatic carbocycles. The van der Waals surface area contributed by atoms with Crippen LogP contribution in [0.25, 0.3) is 0 Å². The van der Waals surface area contributed by atoms with Gasteiger partial charge >= 0.3 is 0 Å². The van der Waals surface area contributed by atoms with Crippen molar-refractivity contribution in [1.29, 1.82) is 0 Å². The lowest BCUT2D eigenvalue weighted by atomic mass is 10.1. The second kappa shape index (κ2) is 8.50. The van der Waals surface area contributed by atoms with Crippen molar-refractivity contribution in [2.45, 2.75) is 11.3 Å². The lowest BCUT2D eigenvalue weighted by molar-refractivity contribution is -0.119. The summed E-state index contributed by atoms with van der Waals surface area (Å²) in [5.41, 5.74) is 1.74. The van der Waals surface area contributed by atoms with Crippen LogP contribution in [0.4, 0.5) is 5.69 Å². The van der Waals surface area contributed by atoms with Gasteiger partial charge in [0.25, 0.3) is 0 Å². The van der Waals surface area contributed by atoms with Gasteiger partial charge < -0.3 is 15.4 Å². The number of hydrogen-bond acceptors (Lipinski definition) is 5. The number of anilines is 1. The van der Waals surface area contributed by atoms with Crippen LogP contribution < -0.4 is 20.5 Å². The quantitative estimate of drug-likeness (QED) is 0.651. The summed E-state index contributed by atoms with van der Waals surface area (Å²) in [6, 6.07) is 13.6. The first-order valence-corrected chi connectivity index (χ1v) is 9.19. The molecule has 2 aromatic carbocycles. The molecule has 0 aromatic heterocycles. The summed E-state index contributed by atoms with van der Waals surface area (Å²) in [7, 11) is -2.08. The van der Waals surface area contributed by atoms with E-state index in [-0.39, 0.29) is 17.3 Å². The molecule has 0 aliphatic heterocycles. The van der Waals surface area contributed by atoms with Gasteiger partial charge in [0.05, 0.1) is 18.6 Å². The Morgan fingerprint density at radius 1 is 1.08 bits per heavy atom. The Bertz CT molecular complexity index is 803. The van der Waals surface area contributed by atoms with Gasteiger partial charge in [0, 0.05) is 12.2 Å². The number of hydrogen-bond donors (Lipinski definition) is 3. The van der Waals surface area contributed by atoms with Crippen molar-refractivity contribution in [3.63, 3.8) is 0 Å². The highest BCUT2D eigenvalue weighted by Crippen LogP contribution is 2.14. The average Bonchev–Trinajstić information content (AvgIpc) is 2.60. The van der Waals surface area contributed by atoms with Crippen LogP contribution in [0.1, 0.15) is 5.56 Å². The monoisotopic (exact) mass is 363 g/mol. The van der Waals surface area contributed by atoms with Crippen molar-refractivity contribution in [1.82, 2.24) is 5.32 Å². The standard InChI is InChI=1S/C17H21N3O4S/c1-24-15-6-4-14(5-7-15)20-12-17(21)19-11-10-13-2-8-16(9-3-13)25(18,22)23/h2-9,20H,10-12H2,1H3,(H,19,21)(H2,18,22,23). The molecule has 0 atom stereocenters. The maximum atomic E-state index is 11.8. The van der Waals surface area contributed by atoms with E-state index in [1.165, 1.54) is 12.1 Å². The summed E-state index contributed by atoms with van der Waals surface area (Å²) in [5, 5.41) is 10.9. The molecule has 0 saturated heterocycles. The minimum Gasteiger partial charge on any atom is -0.497 e. The molecular formula is C17H21N3O4S. The van der Waals surface area contributed by atoms with E-state index in [0.717, 1.165) is 17.0 Å². The molecule has 8 heteroatoms. The Morgan fingerprint density at radius 3 is 2.28 bits per heavy atom. The maximum absolute atomic E-state index is 11.8. The minimum atomic E-state index is -3.68. The summed E-state index contributed by atoms with van der Waals surface area (Å²) in [4.78, 5) is 11.9. The molecule has 25 heavy (non-hydrogen) atoms. The summed E-state index contributed by atoms with van der Waals surface area (Å²) in [6.45, 7) is 0.620. The highest BCUT2D eigenvalue weighted by atomic mass is 32.2. The van der Waals surface area contributed by atoms with Gasteiger partial charge in [-0.15, -0.1) is 0 Å². The number of carbonyl (C=O) groups is 1. The van der Waals surface area contributed by atoms with Crippen LogP contribution in [0.2, 0.25) is 0 Å². The zero-order valence-corrected chi connectivity index (χ0v) is 14.7. The van der Waals surface area contributed by atoms with Gasteiger partial charge in [-0.3, -0.25) is 4.79 Å². The molecule has 0 spiro atoms. The maximum Gasteiger partial charge on any atom is 0.239 e. The third-order valence-corrected chi connectivity index (χ3v) is 4.46. The molecule has 0 radical (unpaired) electrons. The van der Waals surface area contributed by atoms with Crippen molar-refractivity contribution in [2.24, 2.45) is 5.14 Å². The number of nitrogens with one attached hydrogen (secondary N) is 2.